The molecule has 24 heavy (non-hydrogen) atoms. The van der Waals surface area contributed by atoms with Gasteiger partial charge in [0.15, 0.2) is 11.5 Å². The van der Waals surface area contributed by atoms with E-state index in [0.717, 1.165) is 18.4 Å². The molecular formula is C19H18N2O3. The van der Waals surface area contributed by atoms with E-state index >= 15 is 0 Å². The average molecular weight is 322 g/mol. The summed E-state index contributed by atoms with van der Waals surface area (Å²) >= 11 is 0. The topological polar surface area (TPSA) is 53.4 Å². The molecule has 5 heteroatoms. The van der Waals surface area contributed by atoms with E-state index in [9.17, 15) is 4.79 Å². The minimum atomic E-state index is -0.0188. The van der Waals surface area contributed by atoms with Crippen molar-refractivity contribution < 1.29 is 9.47 Å². The lowest BCUT2D eigenvalue weighted by Crippen LogP contribution is -2.19. The number of hydrogen-bond acceptors (Lipinski definition) is 4. The quantitative estimate of drug-likeness (QED) is 0.723. The van der Waals surface area contributed by atoms with E-state index in [1.54, 1.807) is 30.1 Å². The van der Waals surface area contributed by atoms with E-state index in [1.165, 1.54) is 0 Å². The van der Waals surface area contributed by atoms with E-state index in [1.807, 2.05) is 30.3 Å². The maximum atomic E-state index is 12.7. The van der Waals surface area contributed by atoms with Crippen molar-refractivity contribution in [2.45, 2.75) is 25.5 Å². The number of rotatable bonds is 5. The van der Waals surface area contributed by atoms with Crippen LogP contribution in [0.15, 0.2) is 53.6 Å². The van der Waals surface area contributed by atoms with Gasteiger partial charge in [-0.05, 0) is 24.5 Å². The molecule has 1 aliphatic carbocycles. The fourth-order valence-electron chi connectivity index (χ4n) is 2.76. The van der Waals surface area contributed by atoms with Gasteiger partial charge in [0, 0.05) is 12.1 Å². The standard InChI is InChI=1S/C19H18N2O3/c1-23-17-10-16-15(19(22)21(12-20-16)14-7-8-14)9-18(17)24-11-13-5-3-2-4-6-13/h2-6,9-10,12,14H,7-8,11H2,1H3. The largest absolute Gasteiger partial charge is 0.493 e. The number of aromatic nitrogens is 2. The highest BCUT2D eigenvalue weighted by Gasteiger charge is 2.25. The Morgan fingerprint density at radius 2 is 1.96 bits per heavy atom. The van der Waals surface area contributed by atoms with Crippen LogP contribution in [0.4, 0.5) is 0 Å². The summed E-state index contributed by atoms with van der Waals surface area (Å²) in [5.74, 6) is 1.14. The number of nitrogens with zero attached hydrogens (tertiary/aromatic N) is 2. The average Bonchev–Trinajstić information content (AvgIpc) is 3.45. The Balaban J connectivity index is 1.72. The molecule has 1 aromatic heterocycles. The van der Waals surface area contributed by atoms with Gasteiger partial charge in [-0.3, -0.25) is 9.36 Å². The maximum absolute atomic E-state index is 12.7. The first-order chi connectivity index (χ1) is 11.8. The Morgan fingerprint density at radius 3 is 2.67 bits per heavy atom. The van der Waals surface area contributed by atoms with Crippen LogP contribution in [0.5, 0.6) is 11.5 Å². The number of ether oxygens (including phenoxy) is 2. The Morgan fingerprint density at radius 1 is 1.17 bits per heavy atom. The smallest absolute Gasteiger partial charge is 0.261 e. The van der Waals surface area contributed by atoms with Crippen molar-refractivity contribution in [3.05, 3.63) is 64.7 Å². The van der Waals surface area contributed by atoms with E-state index in [4.69, 9.17) is 9.47 Å². The predicted octanol–water partition coefficient (Wildman–Crippen LogP) is 3.32. The molecule has 0 atom stereocenters. The van der Waals surface area contributed by atoms with E-state index in [-0.39, 0.29) is 5.56 Å². The summed E-state index contributed by atoms with van der Waals surface area (Å²) < 4.78 is 13.0. The first-order valence-electron chi connectivity index (χ1n) is 8.02. The molecule has 122 valence electrons. The van der Waals surface area contributed by atoms with Crippen LogP contribution >= 0.6 is 0 Å². The normalized spacial score (nSPS) is 13.9. The highest BCUT2D eigenvalue weighted by Crippen LogP contribution is 2.35. The Hall–Kier alpha value is -2.82. The summed E-state index contributed by atoms with van der Waals surface area (Å²) in [6.07, 6.45) is 3.72. The fourth-order valence-corrected chi connectivity index (χ4v) is 2.76. The fraction of sp³-hybridized carbons (Fsp3) is 0.263. The summed E-state index contributed by atoms with van der Waals surface area (Å²) in [5, 5.41) is 0.563. The zero-order chi connectivity index (χ0) is 16.5. The van der Waals surface area contributed by atoms with Crippen molar-refractivity contribution in [2.24, 2.45) is 0 Å². The first-order valence-corrected chi connectivity index (χ1v) is 8.02. The monoisotopic (exact) mass is 322 g/mol. The van der Waals surface area contributed by atoms with Gasteiger partial charge in [0.1, 0.15) is 6.61 Å². The number of hydrogen-bond donors (Lipinski definition) is 0. The third-order valence-corrected chi connectivity index (χ3v) is 4.25. The van der Waals surface area contributed by atoms with Gasteiger partial charge in [-0.25, -0.2) is 4.98 Å². The molecular weight excluding hydrogens is 304 g/mol. The van der Waals surface area contributed by atoms with Crippen molar-refractivity contribution in [3.8, 4) is 11.5 Å². The molecule has 0 radical (unpaired) electrons. The summed E-state index contributed by atoms with van der Waals surface area (Å²) in [5.41, 5.74) is 1.66. The van der Waals surface area contributed by atoms with E-state index in [0.29, 0.717) is 35.1 Å². The van der Waals surface area contributed by atoms with Gasteiger partial charge >= 0.3 is 0 Å². The van der Waals surface area contributed by atoms with Crippen molar-refractivity contribution in [2.75, 3.05) is 7.11 Å². The summed E-state index contributed by atoms with van der Waals surface area (Å²) in [6, 6.07) is 13.7. The lowest BCUT2D eigenvalue weighted by Gasteiger charge is -2.12. The lowest BCUT2D eigenvalue weighted by molar-refractivity contribution is 0.285. The SMILES string of the molecule is COc1cc2ncn(C3CC3)c(=O)c2cc1OCc1ccccc1. The van der Waals surface area contributed by atoms with Gasteiger partial charge in [-0.1, -0.05) is 30.3 Å². The molecule has 0 N–H and O–H groups in total. The minimum Gasteiger partial charge on any atom is -0.493 e. The minimum absolute atomic E-state index is 0.0188. The molecule has 1 fully saturated rings. The van der Waals surface area contributed by atoms with Crippen molar-refractivity contribution in [1.82, 2.24) is 9.55 Å². The van der Waals surface area contributed by atoms with Crippen LogP contribution in [0.2, 0.25) is 0 Å². The van der Waals surface area contributed by atoms with Crippen LogP contribution < -0.4 is 15.0 Å². The second kappa shape index (κ2) is 6.00. The summed E-state index contributed by atoms with van der Waals surface area (Å²) in [6.45, 7) is 0.416. The predicted molar refractivity (Wildman–Crippen MR) is 91.6 cm³/mol. The van der Waals surface area contributed by atoms with Crippen LogP contribution in [-0.2, 0) is 6.61 Å². The molecule has 5 nitrogen and oxygen atoms in total. The molecule has 1 saturated carbocycles. The lowest BCUT2D eigenvalue weighted by atomic mass is 10.2. The number of benzene rings is 2. The van der Waals surface area contributed by atoms with E-state index < -0.39 is 0 Å². The summed E-state index contributed by atoms with van der Waals surface area (Å²) in [4.78, 5) is 17.1. The van der Waals surface area contributed by atoms with Gasteiger partial charge in [-0.15, -0.1) is 0 Å². The summed E-state index contributed by atoms with van der Waals surface area (Å²) in [7, 11) is 1.59. The second-order valence-corrected chi connectivity index (χ2v) is 5.98. The van der Waals surface area contributed by atoms with Crippen LogP contribution in [0.25, 0.3) is 10.9 Å². The molecule has 0 aliphatic heterocycles. The maximum Gasteiger partial charge on any atom is 0.261 e. The van der Waals surface area contributed by atoms with Crippen LogP contribution in [0.1, 0.15) is 24.4 Å². The molecule has 0 saturated heterocycles. The van der Waals surface area contributed by atoms with Crippen molar-refractivity contribution in [3.63, 3.8) is 0 Å². The van der Waals surface area contributed by atoms with Gasteiger partial charge in [0.25, 0.3) is 5.56 Å². The highest BCUT2D eigenvalue weighted by molar-refractivity contribution is 5.81. The Labute approximate surface area is 139 Å². The number of methoxy groups -OCH3 is 1. The van der Waals surface area contributed by atoms with Gasteiger partial charge < -0.3 is 9.47 Å². The molecule has 4 rings (SSSR count). The first kappa shape index (κ1) is 14.8. The highest BCUT2D eigenvalue weighted by atomic mass is 16.5. The molecule has 3 aromatic rings. The molecule has 2 aromatic carbocycles. The molecule has 0 spiro atoms. The third-order valence-electron chi connectivity index (χ3n) is 4.25. The molecule has 1 heterocycles. The van der Waals surface area contributed by atoms with Gasteiger partial charge in [0.2, 0.25) is 0 Å². The third kappa shape index (κ3) is 2.73. The van der Waals surface area contributed by atoms with Crippen LogP contribution in [0.3, 0.4) is 0 Å². The number of fused-ring (bicyclic) bond motifs is 1. The molecule has 1 aliphatic rings. The van der Waals surface area contributed by atoms with E-state index in [2.05, 4.69) is 4.98 Å². The molecule has 0 amide bonds. The zero-order valence-corrected chi connectivity index (χ0v) is 13.4. The Bertz CT molecular complexity index is 930. The van der Waals surface area contributed by atoms with Crippen molar-refractivity contribution in [1.29, 1.82) is 0 Å². The second-order valence-electron chi connectivity index (χ2n) is 5.98. The van der Waals surface area contributed by atoms with Crippen LogP contribution in [-0.4, -0.2) is 16.7 Å². The van der Waals surface area contributed by atoms with Gasteiger partial charge in [0.05, 0.1) is 24.3 Å². The molecule has 0 unspecified atom stereocenters. The van der Waals surface area contributed by atoms with Gasteiger partial charge in [-0.2, -0.15) is 0 Å². The molecule has 0 bridgehead atoms. The van der Waals surface area contributed by atoms with Crippen LogP contribution in [0, 0.1) is 0 Å². The Kier molecular flexibility index (Phi) is 3.69. The zero-order valence-electron chi connectivity index (χ0n) is 13.4. The van der Waals surface area contributed by atoms with Crippen molar-refractivity contribution >= 4 is 10.9 Å².